The van der Waals surface area contributed by atoms with E-state index in [0.717, 1.165) is 67.7 Å². The lowest BCUT2D eigenvalue weighted by Crippen LogP contribution is -2.36. The van der Waals surface area contributed by atoms with Gasteiger partial charge in [-0.15, -0.1) is 0 Å². The molecule has 8 aromatic rings. The Morgan fingerprint density at radius 3 is 1.83 bits per heavy atom. The van der Waals surface area contributed by atoms with Crippen molar-refractivity contribution in [1.82, 2.24) is 45.6 Å². The molecule has 0 atom stereocenters. The first-order valence-corrected chi connectivity index (χ1v) is 17.3. The Labute approximate surface area is 296 Å². The molecule has 9 N–H and O–H groups in total. The number of amides is 1. The molecule has 262 valence electrons. The minimum Gasteiger partial charge on any atom is -0.461 e. The van der Waals surface area contributed by atoms with E-state index in [2.05, 4.69) is 45.6 Å². The van der Waals surface area contributed by atoms with Crippen LogP contribution in [-0.4, -0.2) is 64.9 Å². The van der Waals surface area contributed by atoms with Crippen molar-refractivity contribution >= 4 is 67.4 Å². The standard InChI is InChI=1S/C21H22N6O.C17H15N5O2/c22-19-16-10-12(6-7-17(16)26-27-19)14-8-9-23-20-15(14)11-18(25-20)21(28)24-13-4-2-1-3-5-13;1-2-24-17(23)14-8-11-10(5-6-19-16(11)20-14)9-3-4-13-12(7-9)15(18)22-21-13/h6-11,13H,1-5H2,(H,23,25)(H,24,28)(H3,22,26,27);3-8H,2H2,1H3,(H,19,20)(H3,18,21,22). The van der Waals surface area contributed by atoms with Gasteiger partial charge in [0.15, 0.2) is 11.6 Å². The van der Waals surface area contributed by atoms with E-state index < -0.39 is 5.97 Å². The van der Waals surface area contributed by atoms with Crippen LogP contribution in [0.3, 0.4) is 0 Å². The van der Waals surface area contributed by atoms with Gasteiger partial charge in [-0.05, 0) is 90.6 Å². The highest BCUT2D eigenvalue weighted by molar-refractivity contribution is 6.04. The summed E-state index contributed by atoms with van der Waals surface area (Å²) in [6.45, 7) is 2.10. The fraction of sp³-hybridized carbons (Fsp3) is 0.211. The lowest BCUT2D eigenvalue weighted by Gasteiger charge is -2.22. The van der Waals surface area contributed by atoms with Gasteiger partial charge in [0.25, 0.3) is 5.91 Å². The second-order valence-corrected chi connectivity index (χ2v) is 12.9. The average Bonchev–Trinajstić information content (AvgIpc) is 3.97. The monoisotopic (exact) mass is 695 g/mol. The molecule has 52 heavy (non-hydrogen) atoms. The van der Waals surface area contributed by atoms with Crippen molar-refractivity contribution in [3.63, 3.8) is 0 Å². The number of esters is 1. The van der Waals surface area contributed by atoms with Crippen LogP contribution >= 0.6 is 0 Å². The maximum atomic E-state index is 12.7. The number of nitrogen functional groups attached to an aromatic ring is 2. The van der Waals surface area contributed by atoms with E-state index in [4.69, 9.17) is 16.2 Å². The van der Waals surface area contributed by atoms with Gasteiger partial charge in [-0.2, -0.15) is 10.2 Å². The number of nitrogens with zero attached hydrogens (tertiary/aromatic N) is 4. The maximum absolute atomic E-state index is 12.7. The SMILES string of the molecule is CCOC(=O)c1cc2c(-c3ccc4[nH]nc(N)c4c3)ccnc2[nH]1.Nc1n[nH]c2ccc(-c3ccnc4[nH]c(C(=O)NC5CCCCC5)cc34)cc12. The van der Waals surface area contributed by atoms with Crippen molar-refractivity contribution < 1.29 is 14.3 Å². The molecule has 0 spiro atoms. The van der Waals surface area contributed by atoms with E-state index in [-0.39, 0.29) is 11.9 Å². The third kappa shape index (κ3) is 6.14. The molecule has 6 aromatic heterocycles. The van der Waals surface area contributed by atoms with Crippen LogP contribution in [0, 0.1) is 0 Å². The zero-order valence-corrected chi connectivity index (χ0v) is 28.4. The molecule has 0 aliphatic heterocycles. The highest BCUT2D eigenvalue weighted by Gasteiger charge is 2.20. The zero-order valence-electron chi connectivity index (χ0n) is 28.4. The molecule has 14 nitrogen and oxygen atoms in total. The molecule has 1 aliphatic rings. The first kappa shape index (κ1) is 32.5. The van der Waals surface area contributed by atoms with Crippen LogP contribution in [0.4, 0.5) is 11.6 Å². The second-order valence-electron chi connectivity index (χ2n) is 12.9. The van der Waals surface area contributed by atoms with Crippen LogP contribution in [0.2, 0.25) is 0 Å². The van der Waals surface area contributed by atoms with Crippen LogP contribution < -0.4 is 16.8 Å². The first-order valence-electron chi connectivity index (χ1n) is 17.3. The van der Waals surface area contributed by atoms with Crippen molar-refractivity contribution in [3.05, 3.63) is 84.4 Å². The number of carbonyl (C=O) groups excluding carboxylic acids is 2. The summed E-state index contributed by atoms with van der Waals surface area (Å²) in [6.07, 6.45) is 9.19. The number of anilines is 2. The Balaban J connectivity index is 0.000000151. The van der Waals surface area contributed by atoms with Gasteiger partial charge in [-0.25, -0.2) is 14.8 Å². The molecule has 1 aliphatic carbocycles. The summed E-state index contributed by atoms with van der Waals surface area (Å²) in [7, 11) is 0. The number of pyridine rings is 2. The quantitative estimate of drug-likeness (QED) is 0.0928. The number of hydrogen-bond donors (Lipinski definition) is 7. The van der Waals surface area contributed by atoms with Crippen LogP contribution in [-0.2, 0) is 4.74 Å². The smallest absolute Gasteiger partial charge is 0.354 e. The lowest BCUT2D eigenvalue weighted by atomic mass is 9.95. The van der Waals surface area contributed by atoms with Crippen molar-refractivity contribution in [3.8, 4) is 22.3 Å². The number of ether oxygens (including phenoxy) is 1. The molecule has 14 heteroatoms. The number of carbonyl (C=O) groups is 2. The Hall–Kier alpha value is -6.70. The van der Waals surface area contributed by atoms with Crippen LogP contribution in [0.5, 0.6) is 0 Å². The highest BCUT2D eigenvalue weighted by Crippen LogP contribution is 2.33. The maximum Gasteiger partial charge on any atom is 0.354 e. The van der Waals surface area contributed by atoms with Crippen molar-refractivity contribution in [1.29, 1.82) is 0 Å². The van der Waals surface area contributed by atoms with E-state index in [9.17, 15) is 9.59 Å². The predicted molar refractivity (Wildman–Crippen MR) is 201 cm³/mol. The molecule has 1 saturated carbocycles. The molecule has 0 bridgehead atoms. The number of nitrogens with two attached hydrogens (primary N) is 2. The largest absolute Gasteiger partial charge is 0.461 e. The van der Waals surface area contributed by atoms with Gasteiger partial charge < -0.3 is 31.5 Å². The molecule has 9 rings (SSSR count). The topological polar surface area (TPSA) is 222 Å². The van der Waals surface area contributed by atoms with Crippen molar-refractivity contribution in [2.75, 3.05) is 18.1 Å². The third-order valence-corrected chi connectivity index (χ3v) is 9.55. The Kier molecular flexibility index (Phi) is 8.47. The minimum absolute atomic E-state index is 0.0645. The fourth-order valence-electron chi connectivity index (χ4n) is 6.91. The van der Waals surface area contributed by atoms with Gasteiger partial charge >= 0.3 is 5.97 Å². The van der Waals surface area contributed by atoms with Gasteiger partial charge in [-0.3, -0.25) is 15.0 Å². The van der Waals surface area contributed by atoms with Gasteiger partial charge in [0.2, 0.25) is 0 Å². The molecule has 2 aromatic carbocycles. The van der Waals surface area contributed by atoms with Crippen molar-refractivity contribution in [2.45, 2.75) is 45.1 Å². The molecular formula is C38H37N11O3. The van der Waals surface area contributed by atoms with E-state index >= 15 is 0 Å². The average molecular weight is 696 g/mol. The summed E-state index contributed by atoms with van der Waals surface area (Å²) in [5, 5.41) is 20.5. The summed E-state index contributed by atoms with van der Waals surface area (Å²) in [4.78, 5) is 39.5. The summed E-state index contributed by atoms with van der Waals surface area (Å²) in [5.41, 5.74) is 19.8. The molecule has 0 unspecified atom stereocenters. The van der Waals surface area contributed by atoms with Gasteiger partial charge in [0, 0.05) is 40.0 Å². The molecule has 0 radical (unpaired) electrons. The van der Waals surface area contributed by atoms with Gasteiger partial charge in [0.1, 0.15) is 22.7 Å². The summed E-state index contributed by atoms with van der Waals surface area (Å²) in [6, 6.07) is 19.7. The van der Waals surface area contributed by atoms with E-state index in [1.165, 1.54) is 19.3 Å². The normalized spacial score (nSPS) is 13.4. The zero-order chi connectivity index (χ0) is 35.8. The lowest BCUT2D eigenvalue weighted by molar-refractivity contribution is 0.0520. The third-order valence-electron chi connectivity index (χ3n) is 9.55. The summed E-state index contributed by atoms with van der Waals surface area (Å²) < 4.78 is 5.04. The van der Waals surface area contributed by atoms with Crippen molar-refractivity contribution in [2.24, 2.45) is 0 Å². The number of rotatable bonds is 6. The Morgan fingerprint density at radius 2 is 1.27 bits per heavy atom. The van der Waals surface area contributed by atoms with Gasteiger partial charge in [0.05, 0.1) is 17.6 Å². The highest BCUT2D eigenvalue weighted by atomic mass is 16.5. The van der Waals surface area contributed by atoms with Crippen LogP contribution in [0.15, 0.2) is 73.1 Å². The van der Waals surface area contributed by atoms with Crippen LogP contribution in [0.1, 0.15) is 60.0 Å². The number of fused-ring (bicyclic) bond motifs is 4. The first-order chi connectivity index (χ1) is 25.4. The minimum atomic E-state index is -0.393. The summed E-state index contributed by atoms with van der Waals surface area (Å²) in [5.74, 6) is 0.476. The molecule has 1 amide bonds. The number of aromatic amines is 4. The molecule has 1 fully saturated rings. The predicted octanol–water partition coefficient (Wildman–Crippen LogP) is 6.62. The van der Waals surface area contributed by atoms with E-state index in [0.29, 0.717) is 40.9 Å². The number of benzene rings is 2. The Morgan fingerprint density at radius 1 is 0.731 bits per heavy atom. The molecule has 0 saturated heterocycles. The number of nitrogens with one attached hydrogen (secondary N) is 5. The van der Waals surface area contributed by atoms with Crippen LogP contribution in [0.25, 0.3) is 66.1 Å². The van der Waals surface area contributed by atoms with Gasteiger partial charge in [-0.1, -0.05) is 31.4 Å². The van der Waals surface area contributed by atoms with E-state index in [1.807, 2.05) is 54.6 Å². The summed E-state index contributed by atoms with van der Waals surface area (Å²) >= 11 is 0. The number of aromatic nitrogens is 8. The van der Waals surface area contributed by atoms with E-state index in [1.54, 1.807) is 25.4 Å². The fourth-order valence-corrected chi connectivity index (χ4v) is 6.91. The number of H-pyrrole nitrogens is 4. The molecular weight excluding hydrogens is 658 g/mol. The Bertz CT molecular complexity index is 2590. The second kappa shape index (κ2) is 13.5. The number of hydrogen-bond acceptors (Lipinski definition) is 9. The molecule has 6 heterocycles.